The number of carboxylic acids is 1. The van der Waals surface area contributed by atoms with Gasteiger partial charge >= 0.3 is 12.1 Å². The molecule has 1 heterocycles. The zero-order valence-corrected chi connectivity index (χ0v) is 30.3. The van der Waals surface area contributed by atoms with Gasteiger partial charge in [0.1, 0.15) is 17.7 Å². The summed E-state index contributed by atoms with van der Waals surface area (Å²) in [5.41, 5.74) is 7.42. The van der Waals surface area contributed by atoms with Gasteiger partial charge in [-0.05, 0) is 47.7 Å². The Labute approximate surface area is 287 Å². The van der Waals surface area contributed by atoms with E-state index in [4.69, 9.17) is 10.5 Å². The van der Waals surface area contributed by atoms with Crippen LogP contribution in [0.15, 0.2) is 60.8 Å². The molecule has 13 heteroatoms. The van der Waals surface area contributed by atoms with E-state index < -0.39 is 50.0 Å². The number of aromatic nitrogens is 1. The Morgan fingerprint density at radius 1 is 1.10 bits per heavy atom. The molecule has 2 aromatic carbocycles. The summed E-state index contributed by atoms with van der Waals surface area (Å²) in [7, 11) is -0.852. The molecule has 0 spiro atoms. The molecule has 0 aliphatic heterocycles. The lowest BCUT2D eigenvalue weighted by Crippen LogP contribution is -2.44. The first kappa shape index (κ1) is 38.8. The van der Waals surface area contributed by atoms with Crippen molar-refractivity contribution in [3.63, 3.8) is 0 Å². The average molecular weight is 703 g/mol. The highest BCUT2D eigenvalue weighted by atomic mass is 32.2. The summed E-state index contributed by atoms with van der Waals surface area (Å²) in [6.45, 7) is 11.7. The first-order valence-corrected chi connectivity index (χ1v) is 20.4. The largest absolute Gasteiger partial charge is 0.480 e. The fraction of sp³-hybridized carbons (Fsp3) is 0.457. The van der Waals surface area contributed by atoms with Gasteiger partial charge in [0, 0.05) is 57.2 Å². The van der Waals surface area contributed by atoms with Gasteiger partial charge < -0.3 is 30.4 Å². The summed E-state index contributed by atoms with van der Waals surface area (Å²) in [6.07, 6.45) is 1.68. The van der Waals surface area contributed by atoms with E-state index in [1.807, 2.05) is 55.7 Å². The second-order valence-electron chi connectivity index (χ2n) is 13.3. The van der Waals surface area contributed by atoms with Gasteiger partial charge in [0.25, 0.3) is 0 Å². The number of nitrogens with two attached hydrogens (primary N) is 1. The molecule has 3 aromatic rings. The number of hydrogen-bond acceptors (Lipinski definition) is 6. The molecule has 0 aliphatic rings. The van der Waals surface area contributed by atoms with Crippen LogP contribution in [0.4, 0.5) is 13.6 Å². The van der Waals surface area contributed by atoms with Crippen molar-refractivity contribution in [3.05, 3.63) is 83.7 Å². The predicted molar refractivity (Wildman–Crippen MR) is 190 cm³/mol. The molecule has 3 rings (SSSR count). The van der Waals surface area contributed by atoms with E-state index in [1.165, 1.54) is 0 Å². The Bertz CT molecular complexity index is 1520. The minimum atomic E-state index is -1.15. The minimum Gasteiger partial charge on any atom is -0.480 e. The molecule has 48 heavy (non-hydrogen) atoms. The van der Waals surface area contributed by atoms with Gasteiger partial charge in [-0.15, -0.1) is 11.8 Å². The number of halogens is 2. The predicted octanol–water partition coefficient (Wildman–Crippen LogP) is 6.15. The number of nitrogens with one attached hydrogen (secondary N) is 1. The first-order chi connectivity index (χ1) is 22.7. The molecule has 0 bridgehead atoms. The lowest BCUT2D eigenvalue weighted by molar-refractivity contribution is -0.138. The summed E-state index contributed by atoms with van der Waals surface area (Å²) in [4.78, 5) is 39.3. The molecular formula is C35H48F2N4O5SSi. The van der Waals surface area contributed by atoms with Crippen molar-refractivity contribution in [3.8, 4) is 11.1 Å². The van der Waals surface area contributed by atoms with Crippen molar-refractivity contribution >= 4 is 38.5 Å². The molecule has 9 nitrogen and oxygen atoms in total. The number of benzene rings is 2. The van der Waals surface area contributed by atoms with Crippen LogP contribution in [0, 0.1) is 17.0 Å². The van der Waals surface area contributed by atoms with Gasteiger partial charge in [0.15, 0.2) is 0 Å². The maximum atomic E-state index is 15.1. The van der Waals surface area contributed by atoms with Gasteiger partial charge in [-0.3, -0.25) is 9.59 Å². The first-order valence-electron chi connectivity index (χ1n) is 16.1. The van der Waals surface area contributed by atoms with Crippen LogP contribution in [0.5, 0.6) is 0 Å². The van der Waals surface area contributed by atoms with Crippen LogP contribution in [0.25, 0.3) is 11.1 Å². The number of thioether (sulfide) groups is 1. The third kappa shape index (κ3) is 11.8. The summed E-state index contributed by atoms with van der Waals surface area (Å²) >= 11 is 1.14. The normalized spacial score (nSPS) is 12.9. The Hall–Kier alpha value is -3.68. The van der Waals surface area contributed by atoms with E-state index in [-0.39, 0.29) is 36.1 Å². The highest BCUT2D eigenvalue weighted by Gasteiger charge is 2.37. The van der Waals surface area contributed by atoms with E-state index in [2.05, 4.69) is 18.4 Å². The van der Waals surface area contributed by atoms with Crippen LogP contribution >= 0.6 is 11.8 Å². The standard InChI is InChI=1S/C35H48F2N4O5SSi/c1-35(2,3)32(30-18-25(27-19-26(36)12-13-28(27)37)21-40(30)20-24-10-7-6-8-11-24)41(31(42)23-47-22-29(38)33(43)44)15-9-14-39-34(45)46-16-17-48(4)5/h6-8,10-13,18-19,21,29,32,48H,9,14-17,20,22-23,38H2,1-5H3,(H,39,45)(H,43,44)/t29-,32?/m0/s1. The van der Waals surface area contributed by atoms with Gasteiger partial charge in [-0.2, -0.15) is 0 Å². The molecule has 2 atom stereocenters. The SMILES string of the molecule is C[SiH](C)CCOC(=O)NCCCN(C(=O)CSC[C@H](N)C(=O)O)C(c1cc(-c2cc(F)ccc2F)cn1Cc1ccccc1)C(C)(C)C. The van der Waals surface area contributed by atoms with Crippen molar-refractivity contribution in [2.45, 2.75) is 65.0 Å². The van der Waals surface area contributed by atoms with Crippen molar-refractivity contribution < 1.29 is 33.0 Å². The number of amides is 2. The molecule has 2 amide bonds. The van der Waals surface area contributed by atoms with Crippen LogP contribution in [-0.4, -0.2) is 78.6 Å². The molecule has 1 unspecified atom stereocenters. The van der Waals surface area contributed by atoms with Gasteiger partial charge in [-0.25, -0.2) is 13.6 Å². The summed E-state index contributed by atoms with van der Waals surface area (Å²) in [6, 6.07) is 14.0. The van der Waals surface area contributed by atoms with Gasteiger partial charge in [0.2, 0.25) is 5.91 Å². The van der Waals surface area contributed by atoms with Crippen LogP contribution in [0.3, 0.4) is 0 Å². The molecule has 0 saturated carbocycles. The average Bonchev–Trinajstić information content (AvgIpc) is 3.41. The van der Waals surface area contributed by atoms with Crippen LogP contribution in [0.1, 0.15) is 44.5 Å². The fourth-order valence-electron chi connectivity index (χ4n) is 5.32. The highest BCUT2D eigenvalue weighted by molar-refractivity contribution is 8.00. The second kappa shape index (κ2) is 18.2. The van der Waals surface area contributed by atoms with E-state index >= 15 is 4.39 Å². The number of carbonyl (C=O) groups is 3. The van der Waals surface area contributed by atoms with Gasteiger partial charge in [0.05, 0.1) is 18.4 Å². The van der Waals surface area contributed by atoms with Gasteiger partial charge in [-0.1, -0.05) is 64.2 Å². The van der Waals surface area contributed by atoms with Crippen molar-refractivity contribution in [2.75, 3.05) is 31.2 Å². The van der Waals surface area contributed by atoms with E-state index in [0.29, 0.717) is 25.1 Å². The second-order valence-corrected chi connectivity index (χ2v) is 17.7. The third-order valence-corrected chi connectivity index (χ3v) is 10.1. The Balaban J connectivity index is 2.00. The zero-order valence-electron chi connectivity index (χ0n) is 28.4. The molecule has 0 radical (unpaired) electrons. The molecule has 1 aromatic heterocycles. The molecular weight excluding hydrogens is 655 g/mol. The smallest absolute Gasteiger partial charge is 0.407 e. The molecule has 262 valence electrons. The number of carbonyl (C=O) groups excluding carboxylic acids is 2. The Morgan fingerprint density at radius 3 is 2.46 bits per heavy atom. The van der Waals surface area contributed by atoms with E-state index in [1.54, 1.807) is 17.2 Å². The number of hydrogen-bond donors (Lipinski definition) is 3. The zero-order chi connectivity index (χ0) is 35.4. The molecule has 4 N–H and O–H groups in total. The lowest BCUT2D eigenvalue weighted by atomic mass is 9.83. The number of ether oxygens (including phenoxy) is 1. The monoisotopic (exact) mass is 702 g/mol. The Kier molecular flexibility index (Phi) is 14.7. The fourth-order valence-corrected chi connectivity index (χ4v) is 6.76. The maximum Gasteiger partial charge on any atom is 0.407 e. The molecule has 0 saturated heterocycles. The van der Waals surface area contributed by atoms with Crippen molar-refractivity contribution in [1.82, 2.24) is 14.8 Å². The number of nitrogens with zero attached hydrogens (tertiary/aromatic N) is 2. The highest BCUT2D eigenvalue weighted by Crippen LogP contribution is 2.41. The number of rotatable bonds is 17. The van der Waals surface area contributed by atoms with Crippen molar-refractivity contribution in [1.29, 1.82) is 0 Å². The lowest BCUT2D eigenvalue weighted by Gasteiger charge is -2.41. The quantitative estimate of drug-likeness (QED) is 0.114. The van der Waals surface area contributed by atoms with E-state index in [9.17, 15) is 23.9 Å². The summed E-state index contributed by atoms with van der Waals surface area (Å²) < 4.78 is 36.6. The third-order valence-electron chi connectivity index (χ3n) is 7.71. The van der Waals surface area contributed by atoms with Crippen LogP contribution in [0.2, 0.25) is 19.1 Å². The maximum absolute atomic E-state index is 15.1. The van der Waals surface area contributed by atoms with Crippen LogP contribution < -0.4 is 11.1 Å². The topological polar surface area (TPSA) is 127 Å². The summed E-state index contributed by atoms with van der Waals surface area (Å²) in [5.74, 6) is -2.50. The minimum absolute atomic E-state index is 0.0209. The Morgan fingerprint density at radius 2 is 1.81 bits per heavy atom. The van der Waals surface area contributed by atoms with Crippen molar-refractivity contribution in [2.24, 2.45) is 11.1 Å². The summed E-state index contributed by atoms with van der Waals surface area (Å²) in [5, 5.41) is 12.0. The van der Waals surface area contributed by atoms with Crippen LogP contribution in [-0.2, 0) is 20.9 Å². The molecule has 0 fully saturated rings. The number of alkyl carbamates (subject to hydrolysis) is 1. The molecule has 0 aliphatic carbocycles. The number of aliphatic carboxylic acids is 1. The number of carboxylic acid groups (broad SMARTS) is 1. The van der Waals surface area contributed by atoms with E-state index in [0.717, 1.165) is 47.3 Å².